The van der Waals surface area contributed by atoms with Gasteiger partial charge in [-0.2, -0.15) is 0 Å². The zero-order valence-electron chi connectivity index (χ0n) is 12.4. The molecule has 0 aliphatic rings. The summed E-state index contributed by atoms with van der Waals surface area (Å²) in [5.74, 6) is 1.23. The molecule has 0 amide bonds. The lowest BCUT2D eigenvalue weighted by molar-refractivity contribution is 0.112. The maximum absolute atomic E-state index is 10.8. The molecule has 1 unspecified atom stereocenters. The second-order valence-corrected chi connectivity index (χ2v) is 4.68. The van der Waals surface area contributed by atoms with E-state index in [1.165, 1.54) is 5.57 Å². The van der Waals surface area contributed by atoms with Crippen LogP contribution < -0.4 is 9.47 Å². The molecule has 0 saturated heterocycles. The van der Waals surface area contributed by atoms with Gasteiger partial charge in [0.25, 0.3) is 0 Å². The Morgan fingerprint density at radius 2 is 2.10 bits per heavy atom. The molecule has 0 aromatic heterocycles. The predicted molar refractivity (Wildman–Crippen MR) is 81.7 cm³/mol. The van der Waals surface area contributed by atoms with Crippen LogP contribution in [0, 0.1) is 0 Å². The summed E-state index contributed by atoms with van der Waals surface area (Å²) in [6.45, 7) is 10.2. The van der Waals surface area contributed by atoms with E-state index in [0.717, 1.165) is 6.29 Å². The van der Waals surface area contributed by atoms with Gasteiger partial charge in [-0.1, -0.05) is 11.6 Å². The molecule has 0 bridgehead atoms. The highest BCUT2D eigenvalue weighted by atomic mass is 16.5. The molecule has 1 aromatic carbocycles. The Kier molecular flexibility index (Phi) is 6.57. The van der Waals surface area contributed by atoms with E-state index in [2.05, 4.69) is 6.58 Å². The van der Waals surface area contributed by atoms with E-state index in [1.54, 1.807) is 18.2 Å². The summed E-state index contributed by atoms with van der Waals surface area (Å²) in [7, 11) is 0. The third-order valence-electron chi connectivity index (χ3n) is 2.60. The third kappa shape index (κ3) is 4.92. The van der Waals surface area contributed by atoms with E-state index >= 15 is 0 Å². The molecular weight excluding hydrogens is 252 g/mol. The van der Waals surface area contributed by atoms with Gasteiger partial charge in [0.2, 0.25) is 0 Å². The average molecular weight is 274 g/mol. The van der Waals surface area contributed by atoms with Crippen molar-refractivity contribution in [3.05, 3.63) is 48.1 Å². The number of carbonyl (C=O) groups is 1. The number of allylic oxidation sites excluding steroid dienone is 1. The summed E-state index contributed by atoms with van der Waals surface area (Å²) in [5, 5.41) is 0. The van der Waals surface area contributed by atoms with Crippen molar-refractivity contribution >= 4 is 6.29 Å². The Bertz CT molecular complexity index is 485. The van der Waals surface area contributed by atoms with E-state index in [4.69, 9.17) is 9.47 Å². The van der Waals surface area contributed by atoms with Crippen LogP contribution in [0.2, 0.25) is 0 Å². The van der Waals surface area contributed by atoms with Gasteiger partial charge in [-0.25, -0.2) is 0 Å². The van der Waals surface area contributed by atoms with Crippen LogP contribution in [-0.2, 0) is 0 Å². The van der Waals surface area contributed by atoms with Crippen LogP contribution in [0.15, 0.2) is 42.5 Å². The molecule has 0 fully saturated rings. The van der Waals surface area contributed by atoms with Gasteiger partial charge in [-0.15, -0.1) is 6.58 Å². The summed E-state index contributed by atoms with van der Waals surface area (Å²) in [4.78, 5) is 10.8. The van der Waals surface area contributed by atoms with Crippen LogP contribution in [0.5, 0.6) is 11.5 Å². The van der Waals surface area contributed by atoms with Gasteiger partial charge in [0.15, 0.2) is 11.5 Å². The molecule has 0 N–H and O–H groups in total. The fourth-order valence-electron chi connectivity index (χ4n) is 1.81. The van der Waals surface area contributed by atoms with Gasteiger partial charge in [0, 0.05) is 12.0 Å². The zero-order chi connectivity index (χ0) is 15.0. The van der Waals surface area contributed by atoms with Gasteiger partial charge in [-0.05, 0) is 45.0 Å². The zero-order valence-corrected chi connectivity index (χ0v) is 12.4. The lowest BCUT2D eigenvalue weighted by Crippen LogP contribution is -2.14. The highest BCUT2D eigenvalue weighted by Crippen LogP contribution is 2.29. The Morgan fingerprint density at radius 3 is 2.65 bits per heavy atom. The SMILES string of the molecule is C=CCC(C=C(C)C)Oc1ccc(C=O)cc1OCC. The second-order valence-electron chi connectivity index (χ2n) is 4.68. The first-order valence-corrected chi connectivity index (χ1v) is 6.75. The van der Waals surface area contributed by atoms with Crippen molar-refractivity contribution in [2.45, 2.75) is 33.3 Å². The summed E-state index contributed by atoms with van der Waals surface area (Å²) in [6, 6.07) is 5.18. The number of carbonyl (C=O) groups excluding carboxylic acids is 1. The largest absolute Gasteiger partial charge is 0.490 e. The summed E-state index contributed by atoms with van der Waals surface area (Å²) in [6.07, 6.45) is 5.30. The lowest BCUT2D eigenvalue weighted by Gasteiger charge is -2.18. The monoisotopic (exact) mass is 274 g/mol. The van der Waals surface area contributed by atoms with Crippen LogP contribution in [0.25, 0.3) is 0 Å². The summed E-state index contributed by atoms with van der Waals surface area (Å²) >= 11 is 0. The smallest absolute Gasteiger partial charge is 0.162 e. The van der Waals surface area contributed by atoms with Crippen LogP contribution in [0.1, 0.15) is 37.6 Å². The van der Waals surface area contributed by atoms with E-state index in [9.17, 15) is 4.79 Å². The van der Waals surface area contributed by atoms with Crippen molar-refractivity contribution in [3.8, 4) is 11.5 Å². The van der Waals surface area contributed by atoms with E-state index in [1.807, 2.05) is 32.9 Å². The molecule has 0 saturated carbocycles. The molecule has 1 rings (SSSR count). The van der Waals surface area contributed by atoms with Crippen molar-refractivity contribution in [3.63, 3.8) is 0 Å². The number of rotatable bonds is 8. The maximum Gasteiger partial charge on any atom is 0.162 e. The molecule has 0 spiro atoms. The fourth-order valence-corrected chi connectivity index (χ4v) is 1.81. The Balaban J connectivity index is 3.01. The minimum absolute atomic E-state index is 0.0845. The highest BCUT2D eigenvalue weighted by molar-refractivity contribution is 5.76. The molecular formula is C17H22O3. The first-order chi connectivity index (χ1) is 9.60. The molecule has 0 aliphatic heterocycles. The van der Waals surface area contributed by atoms with E-state index in [0.29, 0.717) is 30.1 Å². The van der Waals surface area contributed by atoms with Gasteiger partial charge in [-0.3, -0.25) is 4.79 Å². The Hall–Kier alpha value is -2.03. The molecule has 1 aromatic rings. The topological polar surface area (TPSA) is 35.5 Å². The Morgan fingerprint density at radius 1 is 1.35 bits per heavy atom. The first-order valence-electron chi connectivity index (χ1n) is 6.75. The van der Waals surface area contributed by atoms with Crippen molar-refractivity contribution in [2.75, 3.05) is 6.61 Å². The minimum atomic E-state index is -0.0845. The molecule has 20 heavy (non-hydrogen) atoms. The summed E-state index contributed by atoms with van der Waals surface area (Å²) < 4.78 is 11.5. The van der Waals surface area contributed by atoms with Crippen LogP contribution in [-0.4, -0.2) is 19.0 Å². The van der Waals surface area contributed by atoms with Gasteiger partial charge in [0.1, 0.15) is 12.4 Å². The van der Waals surface area contributed by atoms with Gasteiger partial charge < -0.3 is 9.47 Å². The molecule has 3 heteroatoms. The van der Waals surface area contributed by atoms with Crippen molar-refractivity contribution in [1.29, 1.82) is 0 Å². The number of aldehydes is 1. The van der Waals surface area contributed by atoms with Gasteiger partial charge >= 0.3 is 0 Å². The number of hydrogen-bond acceptors (Lipinski definition) is 3. The fraction of sp³-hybridized carbons (Fsp3) is 0.353. The van der Waals surface area contributed by atoms with Crippen LogP contribution >= 0.6 is 0 Å². The normalized spacial score (nSPS) is 11.3. The molecule has 108 valence electrons. The van der Waals surface area contributed by atoms with Crippen molar-refractivity contribution in [2.24, 2.45) is 0 Å². The Labute approximate surface area is 120 Å². The average Bonchev–Trinajstić information content (AvgIpc) is 2.40. The van der Waals surface area contributed by atoms with Crippen molar-refractivity contribution < 1.29 is 14.3 Å². The highest BCUT2D eigenvalue weighted by Gasteiger charge is 2.11. The molecule has 1 atom stereocenters. The maximum atomic E-state index is 10.8. The standard InChI is InChI=1S/C17H22O3/c1-5-7-15(10-13(3)4)20-16-9-8-14(12-18)11-17(16)19-6-2/h5,8-12,15H,1,6-7H2,2-4H3. The number of ether oxygens (including phenoxy) is 2. The van der Waals surface area contributed by atoms with E-state index < -0.39 is 0 Å². The molecule has 0 heterocycles. The lowest BCUT2D eigenvalue weighted by atomic mass is 10.1. The number of hydrogen-bond donors (Lipinski definition) is 0. The molecule has 0 radical (unpaired) electrons. The van der Waals surface area contributed by atoms with Crippen molar-refractivity contribution in [1.82, 2.24) is 0 Å². The minimum Gasteiger partial charge on any atom is -0.490 e. The van der Waals surface area contributed by atoms with Gasteiger partial charge in [0.05, 0.1) is 6.61 Å². The van der Waals surface area contributed by atoms with Crippen LogP contribution in [0.4, 0.5) is 0 Å². The molecule has 3 nitrogen and oxygen atoms in total. The second kappa shape index (κ2) is 8.20. The first kappa shape index (κ1) is 16.0. The predicted octanol–water partition coefficient (Wildman–Crippen LogP) is 4.19. The number of benzene rings is 1. The third-order valence-corrected chi connectivity index (χ3v) is 2.60. The molecule has 0 aliphatic carbocycles. The summed E-state index contributed by atoms with van der Waals surface area (Å²) in [5.41, 5.74) is 1.75. The van der Waals surface area contributed by atoms with Crippen LogP contribution in [0.3, 0.4) is 0 Å². The quantitative estimate of drug-likeness (QED) is 0.527. The van der Waals surface area contributed by atoms with E-state index in [-0.39, 0.29) is 6.10 Å².